The summed E-state index contributed by atoms with van der Waals surface area (Å²) in [7, 11) is 1.59. The lowest BCUT2D eigenvalue weighted by Crippen LogP contribution is -2.36. The Labute approximate surface area is 247 Å². The number of esters is 1. The molecule has 3 aromatic carbocycles. The first-order valence-electron chi connectivity index (χ1n) is 14.4. The number of allylic oxidation sites excluding steroid dienone is 3. The number of rotatable bonds is 11. The van der Waals surface area contributed by atoms with Crippen LogP contribution in [-0.4, -0.2) is 38.7 Å². The second-order valence-corrected chi connectivity index (χ2v) is 10.5. The van der Waals surface area contributed by atoms with Gasteiger partial charge in [-0.25, -0.2) is 4.79 Å². The van der Waals surface area contributed by atoms with Crippen molar-refractivity contribution < 1.29 is 28.5 Å². The summed E-state index contributed by atoms with van der Waals surface area (Å²) >= 11 is 0. The second kappa shape index (κ2) is 13.4. The molecule has 0 saturated carbocycles. The number of hydrogen-bond donors (Lipinski definition) is 1. The van der Waals surface area contributed by atoms with E-state index in [9.17, 15) is 9.59 Å². The van der Waals surface area contributed by atoms with Crippen molar-refractivity contribution in [1.29, 1.82) is 0 Å². The summed E-state index contributed by atoms with van der Waals surface area (Å²) < 4.78 is 23.0. The molecule has 7 heteroatoms. The van der Waals surface area contributed by atoms with Gasteiger partial charge in [0.1, 0.15) is 19.0 Å². The third kappa shape index (κ3) is 6.35. The van der Waals surface area contributed by atoms with Gasteiger partial charge in [0.2, 0.25) is 0 Å². The fourth-order valence-corrected chi connectivity index (χ4v) is 5.69. The number of ketones is 1. The van der Waals surface area contributed by atoms with Gasteiger partial charge in [-0.05, 0) is 61.1 Å². The fourth-order valence-electron chi connectivity index (χ4n) is 5.69. The molecule has 0 bridgehead atoms. The molecule has 1 N–H and O–H groups in total. The summed E-state index contributed by atoms with van der Waals surface area (Å²) in [5.41, 5.74) is 4.41. The number of ether oxygens (including phenoxy) is 4. The molecule has 0 unspecified atom stereocenters. The molecule has 2 aliphatic rings. The minimum absolute atomic E-state index is 0.0121. The molecular weight excluding hydrogens is 530 g/mol. The van der Waals surface area contributed by atoms with Crippen LogP contribution < -0.4 is 19.5 Å². The quantitative estimate of drug-likeness (QED) is 0.210. The number of carbonyl (C=O) groups excluding carboxylic acids is 2. The van der Waals surface area contributed by atoms with Gasteiger partial charge < -0.3 is 24.3 Å². The number of para-hydroxylation sites is 1. The summed E-state index contributed by atoms with van der Waals surface area (Å²) in [6, 6.07) is 25.1. The topological polar surface area (TPSA) is 83.1 Å². The van der Waals surface area contributed by atoms with Crippen molar-refractivity contribution in [2.45, 2.75) is 44.9 Å². The molecule has 42 heavy (non-hydrogen) atoms. The van der Waals surface area contributed by atoms with E-state index < -0.39 is 11.9 Å². The summed E-state index contributed by atoms with van der Waals surface area (Å²) in [6.07, 6.45) is 1.89. The lowest BCUT2D eigenvalue weighted by Gasteiger charge is -2.36. The molecular formula is C35H37NO6. The smallest absolute Gasteiger partial charge is 0.336 e. The van der Waals surface area contributed by atoms with E-state index in [4.69, 9.17) is 18.9 Å². The Morgan fingerprint density at radius 3 is 2.31 bits per heavy atom. The van der Waals surface area contributed by atoms with Crippen LogP contribution in [0.3, 0.4) is 0 Å². The van der Waals surface area contributed by atoms with Crippen molar-refractivity contribution in [2.75, 3.05) is 26.9 Å². The summed E-state index contributed by atoms with van der Waals surface area (Å²) in [6.45, 7) is 4.74. The number of methoxy groups -OCH3 is 1. The lowest BCUT2D eigenvalue weighted by molar-refractivity contribution is -0.140. The van der Waals surface area contributed by atoms with E-state index in [-0.39, 0.29) is 24.9 Å². The van der Waals surface area contributed by atoms with Gasteiger partial charge in [-0.1, -0.05) is 61.5 Å². The van der Waals surface area contributed by atoms with E-state index in [1.54, 1.807) is 7.11 Å². The van der Waals surface area contributed by atoms with Crippen molar-refractivity contribution in [1.82, 2.24) is 5.32 Å². The van der Waals surface area contributed by atoms with Crippen LogP contribution in [0.2, 0.25) is 0 Å². The first-order valence-corrected chi connectivity index (χ1v) is 14.4. The van der Waals surface area contributed by atoms with Crippen molar-refractivity contribution in [3.8, 4) is 17.2 Å². The van der Waals surface area contributed by atoms with Gasteiger partial charge in [-0.3, -0.25) is 4.79 Å². The Bertz CT molecular complexity index is 1480. The summed E-state index contributed by atoms with van der Waals surface area (Å²) in [5.74, 6) is 0.842. The molecule has 7 nitrogen and oxygen atoms in total. The number of benzene rings is 3. The highest BCUT2D eigenvalue weighted by molar-refractivity contribution is 6.04. The molecule has 3 aromatic rings. The Balaban J connectivity index is 1.46. The minimum Gasteiger partial charge on any atom is -0.493 e. The molecule has 0 amide bonds. The number of hydrogen-bond acceptors (Lipinski definition) is 7. The highest BCUT2D eigenvalue weighted by Crippen LogP contribution is 2.47. The molecule has 2 atom stereocenters. The Kier molecular flexibility index (Phi) is 9.27. The van der Waals surface area contributed by atoms with E-state index >= 15 is 0 Å². The SMILES string of the molecule is CCCOc1ccc([C@@H]2C(C(=O)OCCOc3ccccc3)=C(C)NC3=C2C(=O)C[C@@H](c2ccccc2)C3)cc1OC. The Morgan fingerprint density at radius 2 is 1.60 bits per heavy atom. The van der Waals surface area contributed by atoms with E-state index in [0.717, 1.165) is 23.2 Å². The maximum atomic E-state index is 13.9. The predicted octanol–water partition coefficient (Wildman–Crippen LogP) is 6.47. The Hall–Kier alpha value is -4.52. The fraction of sp³-hybridized carbons (Fsp3) is 0.314. The molecule has 0 saturated heterocycles. The maximum Gasteiger partial charge on any atom is 0.336 e. The van der Waals surface area contributed by atoms with Gasteiger partial charge in [0.15, 0.2) is 17.3 Å². The van der Waals surface area contributed by atoms with Crippen LogP contribution in [0.15, 0.2) is 101 Å². The summed E-state index contributed by atoms with van der Waals surface area (Å²) in [4.78, 5) is 27.6. The second-order valence-electron chi connectivity index (χ2n) is 10.5. The Morgan fingerprint density at radius 1 is 0.857 bits per heavy atom. The molecule has 218 valence electrons. The van der Waals surface area contributed by atoms with E-state index in [1.807, 2.05) is 80.6 Å². The van der Waals surface area contributed by atoms with Crippen LogP contribution in [0.1, 0.15) is 56.1 Å². The largest absolute Gasteiger partial charge is 0.493 e. The van der Waals surface area contributed by atoms with E-state index in [2.05, 4.69) is 17.4 Å². The normalized spacial score (nSPS) is 18.2. The van der Waals surface area contributed by atoms with Gasteiger partial charge in [0, 0.05) is 29.3 Å². The van der Waals surface area contributed by atoms with Gasteiger partial charge in [-0.15, -0.1) is 0 Å². The van der Waals surface area contributed by atoms with E-state index in [1.165, 1.54) is 0 Å². The van der Waals surface area contributed by atoms with Gasteiger partial charge >= 0.3 is 5.97 Å². The zero-order chi connectivity index (χ0) is 29.5. The molecule has 0 aromatic heterocycles. The van der Waals surface area contributed by atoms with Crippen molar-refractivity contribution in [3.63, 3.8) is 0 Å². The highest BCUT2D eigenvalue weighted by atomic mass is 16.6. The molecule has 0 spiro atoms. The van der Waals surface area contributed by atoms with Gasteiger partial charge in [0.25, 0.3) is 0 Å². The van der Waals surface area contributed by atoms with Crippen molar-refractivity contribution in [3.05, 3.63) is 113 Å². The van der Waals surface area contributed by atoms with Crippen molar-refractivity contribution >= 4 is 11.8 Å². The first-order chi connectivity index (χ1) is 20.5. The monoisotopic (exact) mass is 567 g/mol. The van der Waals surface area contributed by atoms with Crippen LogP contribution in [-0.2, 0) is 14.3 Å². The number of Topliss-reactive ketones (excluding diaryl/α,β-unsaturated/α-hetero) is 1. The average molecular weight is 568 g/mol. The van der Waals surface area contributed by atoms with Gasteiger partial charge in [0.05, 0.1) is 19.3 Å². The third-order valence-corrected chi connectivity index (χ3v) is 7.63. The maximum absolute atomic E-state index is 13.9. The molecule has 0 fully saturated rings. The molecule has 1 aliphatic heterocycles. The van der Waals surface area contributed by atoms with Crippen LogP contribution in [0, 0.1) is 0 Å². The number of dihydropyridines is 1. The van der Waals surface area contributed by atoms with Crippen molar-refractivity contribution in [2.24, 2.45) is 0 Å². The summed E-state index contributed by atoms with van der Waals surface area (Å²) in [5, 5.41) is 3.41. The lowest BCUT2D eigenvalue weighted by atomic mass is 9.71. The predicted molar refractivity (Wildman–Crippen MR) is 161 cm³/mol. The average Bonchev–Trinajstić information content (AvgIpc) is 3.02. The molecule has 1 aliphatic carbocycles. The number of nitrogens with one attached hydrogen (secondary N) is 1. The van der Waals surface area contributed by atoms with Gasteiger partial charge in [-0.2, -0.15) is 0 Å². The van der Waals surface area contributed by atoms with Crippen LogP contribution in [0.4, 0.5) is 0 Å². The molecule has 1 heterocycles. The minimum atomic E-state index is -0.609. The highest BCUT2D eigenvalue weighted by Gasteiger charge is 2.41. The number of carbonyl (C=O) groups is 2. The standard InChI is InChI=1S/C35H37NO6/c1-4-17-41-30-16-15-25(22-31(30)39-3)33-32(35(38)42-19-18-40-27-13-9-6-10-14-27)23(2)36-28-20-26(21-29(37)34(28)33)24-11-7-5-8-12-24/h5-16,22,26,33,36H,4,17-21H2,1-3H3/t26-,33+/m0/s1. The van der Waals surface area contributed by atoms with Crippen LogP contribution >= 0.6 is 0 Å². The molecule has 5 rings (SSSR count). The zero-order valence-electron chi connectivity index (χ0n) is 24.4. The third-order valence-electron chi connectivity index (χ3n) is 7.63. The van der Waals surface area contributed by atoms with Crippen LogP contribution in [0.5, 0.6) is 17.2 Å². The molecule has 0 radical (unpaired) electrons. The van der Waals surface area contributed by atoms with E-state index in [0.29, 0.717) is 53.5 Å². The zero-order valence-corrected chi connectivity index (χ0v) is 24.4. The van der Waals surface area contributed by atoms with Crippen LogP contribution in [0.25, 0.3) is 0 Å². The first kappa shape index (κ1) is 29.0.